The third-order valence-electron chi connectivity index (χ3n) is 3.63. The van der Waals surface area contributed by atoms with Gasteiger partial charge in [0.15, 0.2) is 0 Å². The van der Waals surface area contributed by atoms with Crippen molar-refractivity contribution in [2.24, 2.45) is 5.92 Å². The molecule has 1 atom stereocenters. The molecule has 0 radical (unpaired) electrons. The van der Waals surface area contributed by atoms with Crippen molar-refractivity contribution >= 4 is 5.97 Å². The molecule has 18 heavy (non-hydrogen) atoms. The van der Waals surface area contributed by atoms with Gasteiger partial charge in [-0.25, -0.2) is 0 Å². The highest BCUT2D eigenvalue weighted by molar-refractivity contribution is 5.67. The summed E-state index contributed by atoms with van der Waals surface area (Å²) in [4.78, 5) is 13.1. The van der Waals surface area contributed by atoms with Gasteiger partial charge in [-0.05, 0) is 37.3 Å². The van der Waals surface area contributed by atoms with Crippen molar-refractivity contribution in [1.29, 1.82) is 0 Å². The van der Waals surface area contributed by atoms with E-state index in [9.17, 15) is 4.79 Å². The Morgan fingerprint density at radius 1 is 1.33 bits per heavy atom. The van der Waals surface area contributed by atoms with Crippen molar-refractivity contribution in [2.75, 3.05) is 19.6 Å². The molecule has 2 rings (SSSR count). The monoisotopic (exact) mass is 247 g/mol. The summed E-state index contributed by atoms with van der Waals surface area (Å²) in [6.45, 7) is 3.10. The number of rotatable bonds is 5. The highest BCUT2D eigenvalue weighted by Crippen LogP contribution is 2.19. The summed E-state index contributed by atoms with van der Waals surface area (Å²) < 4.78 is 0. The Hall–Kier alpha value is -1.35. The molecule has 1 fully saturated rings. The maximum atomic E-state index is 10.7. The number of hydrogen-bond acceptors (Lipinski definition) is 2. The van der Waals surface area contributed by atoms with Crippen LogP contribution in [-0.4, -0.2) is 35.6 Å². The molecule has 0 aromatic heterocycles. The zero-order chi connectivity index (χ0) is 12.8. The lowest BCUT2D eigenvalue weighted by molar-refractivity contribution is -0.138. The predicted octanol–water partition coefficient (Wildman–Crippen LogP) is 2.42. The van der Waals surface area contributed by atoms with Crippen LogP contribution in [0, 0.1) is 5.92 Å². The van der Waals surface area contributed by atoms with Crippen molar-refractivity contribution < 1.29 is 9.90 Å². The van der Waals surface area contributed by atoms with Crippen molar-refractivity contribution in [2.45, 2.75) is 25.7 Å². The van der Waals surface area contributed by atoms with Crippen LogP contribution in [0.3, 0.4) is 0 Å². The van der Waals surface area contributed by atoms with Crippen LogP contribution >= 0.6 is 0 Å². The van der Waals surface area contributed by atoms with Crippen LogP contribution in [0.5, 0.6) is 0 Å². The molecule has 0 spiro atoms. The lowest BCUT2D eigenvalue weighted by Gasteiger charge is -2.32. The van der Waals surface area contributed by atoms with E-state index in [0.29, 0.717) is 12.3 Å². The Balaban J connectivity index is 1.77. The summed E-state index contributed by atoms with van der Waals surface area (Å²) in [5.41, 5.74) is 1.36. The van der Waals surface area contributed by atoms with Crippen LogP contribution in [0.1, 0.15) is 24.8 Å². The second-order valence-corrected chi connectivity index (χ2v) is 5.14. The van der Waals surface area contributed by atoms with Crippen LogP contribution in [0.25, 0.3) is 0 Å². The van der Waals surface area contributed by atoms with Crippen molar-refractivity contribution in [3.05, 3.63) is 35.9 Å². The van der Waals surface area contributed by atoms with E-state index in [4.69, 9.17) is 5.11 Å². The Labute approximate surface area is 108 Å². The summed E-state index contributed by atoms with van der Waals surface area (Å²) in [6, 6.07) is 10.5. The molecule has 0 amide bonds. The van der Waals surface area contributed by atoms with Crippen LogP contribution in [-0.2, 0) is 11.2 Å². The molecule has 98 valence electrons. The molecule has 1 unspecified atom stereocenters. The number of nitrogens with zero attached hydrogens (tertiary/aromatic N) is 1. The quantitative estimate of drug-likeness (QED) is 0.868. The molecule has 1 aromatic rings. The lowest BCUT2D eigenvalue weighted by atomic mass is 9.94. The molecule has 0 aliphatic carbocycles. The first-order valence-electron chi connectivity index (χ1n) is 6.72. The fourth-order valence-corrected chi connectivity index (χ4v) is 2.70. The molecular formula is C15H21NO2. The Kier molecular flexibility index (Phi) is 4.76. The second kappa shape index (κ2) is 6.55. The van der Waals surface area contributed by atoms with Gasteiger partial charge in [0, 0.05) is 19.5 Å². The molecule has 3 nitrogen and oxygen atoms in total. The minimum absolute atomic E-state index is 0.321. The van der Waals surface area contributed by atoms with Gasteiger partial charge >= 0.3 is 5.97 Å². The number of likely N-dealkylation sites (tertiary alicyclic amines) is 1. The number of carboxylic acids is 1. The first-order valence-corrected chi connectivity index (χ1v) is 6.72. The number of carbonyl (C=O) groups is 1. The molecule has 1 aromatic carbocycles. The molecule has 0 bridgehead atoms. The number of aliphatic carboxylic acids is 1. The number of carboxylic acid groups (broad SMARTS) is 1. The molecule has 0 saturated carbocycles. The van der Waals surface area contributed by atoms with E-state index in [1.54, 1.807) is 0 Å². The molecule has 1 aliphatic rings. The summed E-state index contributed by atoms with van der Waals surface area (Å²) in [5.74, 6) is -0.322. The minimum atomic E-state index is -0.662. The predicted molar refractivity (Wildman–Crippen MR) is 71.6 cm³/mol. The zero-order valence-electron chi connectivity index (χ0n) is 10.7. The second-order valence-electron chi connectivity index (χ2n) is 5.14. The number of hydrogen-bond donors (Lipinski definition) is 1. The van der Waals surface area contributed by atoms with Gasteiger partial charge in [-0.15, -0.1) is 0 Å². The molecule has 3 heteroatoms. The van der Waals surface area contributed by atoms with Gasteiger partial charge in [0.25, 0.3) is 0 Å². The van der Waals surface area contributed by atoms with E-state index in [2.05, 4.69) is 29.2 Å². The average Bonchev–Trinajstić information content (AvgIpc) is 2.37. The van der Waals surface area contributed by atoms with E-state index >= 15 is 0 Å². The van der Waals surface area contributed by atoms with Crippen LogP contribution in [0.4, 0.5) is 0 Å². The van der Waals surface area contributed by atoms with Crippen molar-refractivity contribution in [1.82, 2.24) is 4.90 Å². The first kappa shape index (κ1) is 13.1. The first-order chi connectivity index (χ1) is 8.74. The zero-order valence-corrected chi connectivity index (χ0v) is 10.7. The largest absolute Gasteiger partial charge is 0.481 e. The van der Waals surface area contributed by atoms with E-state index in [1.165, 1.54) is 5.56 Å². The molecule has 1 aliphatic heterocycles. The van der Waals surface area contributed by atoms with Gasteiger partial charge < -0.3 is 10.0 Å². The third-order valence-corrected chi connectivity index (χ3v) is 3.63. The Morgan fingerprint density at radius 2 is 2.11 bits per heavy atom. The van der Waals surface area contributed by atoms with Crippen molar-refractivity contribution in [3.63, 3.8) is 0 Å². The van der Waals surface area contributed by atoms with E-state index in [0.717, 1.165) is 38.9 Å². The Morgan fingerprint density at radius 3 is 2.83 bits per heavy atom. The van der Waals surface area contributed by atoms with E-state index < -0.39 is 5.97 Å². The highest BCUT2D eigenvalue weighted by atomic mass is 16.4. The topological polar surface area (TPSA) is 40.5 Å². The number of piperidine rings is 1. The van der Waals surface area contributed by atoms with E-state index in [1.807, 2.05) is 6.07 Å². The summed E-state index contributed by atoms with van der Waals surface area (Å²) in [7, 11) is 0. The van der Waals surface area contributed by atoms with Crippen molar-refractivity contribution in [3.8, 4) is 0 Å². The number of benzene rings is 1. The lowest BCUT2D eigenvalue weighted by Crippen LogP contribution is -2.37. The molecular weight excluding hydrogens is 226 g/mol. The molecule has 1 saturated heterocycles. The third kappa shape index (κ3) is 4.15. The van der Waals surface area contributed by atoms with Gasteiger partial charge in [0.1, 0.15) is 0 Å². The summed E-state index contributed by atoms with van der Waals surface area (Å²) >= 11 is 0. The molecule has 1 heterocycles. The molecule has 1 N–H and O–H groups in total. The standard InChI is InChI=1S/C15H21NO2/c17-15(18)11-14-7-4-9-16(12-14)10-8-13-5-2-1-3-6-13/h1-3,5-6,14H,4,7-12H2,(H,17,18). The fourth-order valence-electron chi connectivity index (χ4n) is 2.70. The fraction of sp³-hybridized carbons (Fsp3) is 0.533. The highest BCUT2D eigenvalue weighted by Gasteiger charge is 2.21. The summed E-state index contributed by atoms with van der Waals surface area (Å²) in [6.07, 6.45) is 3.57. The van der Waals surface area contributed by atoms with E-state index in [-0.39, 0.29) is 0 Å². The maximum absolute atomic E-state index is 10.7. The maximum Gasteiger partial charge on any atom is 0.303 e. The van der Waals surface area contributed by atoms with Crippen LogP contribution in [0.2, 0.25) is 0 Å². The Bertz CT molecular complexity index is 377. The smallest absolute Gasteiger partial charge is 0.303 e. The average molecular weight is 247 g/mol. The van der Waals surface area contributed by atoms with Crippen LogP contribution in [0.15, 0.2) is 30.3 Å². The van der Waals surface area contributed by atoms with Crippen LogP contribution < -0.4 is 0 Å². The minimum Gasteiger partial charge on any atom is -0.481 e. The normalized spacial score (nSPS) is 20.8. The van der Waals surface area contributed by atoms with Gasteiger partial charge in [-0.3, -0.25) is 4.79 Å². The van der Waals surface area contributed by atoms with Gasteiger partial charge in [-0.2, -0.15) is 0 Å². The van der Waals surface area contributed by atoms with Gasteiger partial charge in [0.05, 0.1) is 0 Å². The SMILES string of the molecule is O=C(O)CC1CCCN(CCc2ccccc2)C1. The summed E-state index contributed by atoms with van der Waals surface area (Å²) in [5, 5.41) is 8.84. The van der Waals surface area contributed by atoms with Gasteiger partial charge in [0.2, 0.25) is 0 Å². The van der Waals surface area contributed by atoms with Gasteiger partial charge in [-0.1, -0.05) is 30.3 Å².